The highest BCUT2D eigenvalue weighted by Gasteiger charge is 2.17. The fraction of sp³-hybridized carbons (Fsp3) is 0.500. The van der Waals surface area contributed by atoms with Gasteiger partial charge in [-0.1, -0.05) is 18.2 Å². The van der Waals surface area contributed by atoms with Crippen LogP contribution in [0.25, 0.3) is 0 Å². The molecule has 2 rings (SSSR count). The first kappa shape index (κ1) is 13.1. The highest BCUT2D eigenvalue weighted by Crippen LogP contribution is 2.10. The minimum Gasteiger partial charge on any atom is -0.393 e. The molecule has 1 aromatic carbocycles. The van der Waals surface area contributed by atoms with Crippen molar-refractivity contribution in [1.82, 2.24) is 4.90 Å². The molecule has 1 amide bonds. The van der Waals surface area contributed by atoms with Crippen molar-refractivity contribution >= 4 is 11.6 Å². The van der Waals surface area contributed by atoms with Crippen LogP contribution in [-0.2, 0) is 4.79 Å². The third kappa shape index (κ3) is 4.13. The Morgan fingerprint density at radius 2 is 1.94 bits per heavy atom. The summed E-state index contributed by atoms with van der Waals surface area (Å²) in [7, 11) is 0. The number of carbonyl (C=O) groups excluding carboxylic acids is 1. The number of amides is 1. The Labute approximate surface area is 108 Å². The summed E-state index contributed by atoms with van der Waals surface area (Å²) in [5, 5.41) is 12.3. The Morgan fingerprint density at radius 1 is 1.28 bits per heavy atom. The number of para-hydroxylation sites is 1. The lowest BCUT2D eigenvalue weighted by molar-refractivity contribution is -0.116. The number of rotatable bonds is 4. The van der Waals surface area contributed by atoms with Gasteiger partial charge in [-0.2, -0.15) is 0 Å². The first-order chi connectivity index (χ1) is 8.74. The van der Waals surface area contributed by atoms with Crippen molar-refractivity contribution in [2.45, 2.75) is 25.4 Å². The number of hydrogen-bond donors (Lipinski definition) is 2. The molecule has 1 aromatic rings. The van der Waals surface area contributed by atoms with Crippen molar-refractivity contribution in [2.24, 2.45) is 0 Å². The number of carbonyl (C=O) groups is 1. The average molecular weight is 248 g/mol. The van der Waals surface area contributed by atoms with Crippen LogP contribution in [-0.4, -0.2) is 41.7 Å². The molecule has 0 radical (unpaired) electrons. The standard InChI is InChI=1S/C14H20N2O2/c17-13-6-9-16(10-7-13)11-8-14(18)15-12-4-2-1-3-5-12/h1-5,13,17H,6-11H2,(H,15,18). The molecule has 0 saturated carbocycles. The molecule has 1 heterocycles. The minimum absolute atomic E-state index is 0.0484. The zero-order valence-electron chi connectivity index (χ0n) is 10.5. The van der Waals surface area contributed by atoms with E-state index in [-0.39, 0.29) is 12.0 Å². The Balaban J connectivity index is 1.69. The molecular formula is C14H20N2O2. The summed E-state index contributed by atoms with van der Waals surface area (Å²) < 4.78 is 0. The number of anilines is 1. The zero-order chi connectivity index (χ0) is 12.8. The number of nitrogens with zero attached hydrogens (tertiary/aromatic N) is 1. The molecule has 1 saturated heterocycles. The van der Waals surface area contributed by atoms with Gasteiger partial charge < -0.3 is 15.3 Å². The molecule has 0 atom stereocenters. The molecule has 18 heavy (non-hydrogen) atoms. The van der Waals surface area contributed by atoms with E-state index >= 15 is 0 Å². The van der Waals surface area contributed by atoms with Crippen molar-refractivity contribution in [3.8, 4) is 0 Å². The number of aliphatic hydroxyl groups excluding tert-OH is 1. The van der Waals surface area contributed by atoms with Crippen molar-refractivity contribution in [3.05, 3.63) is 30.3 Å². The van der Waals surface area contributed by atoms with E-state index in [9.17, 15) is 9.90 Å². The topological polar surface area (TPSA) is 52.6 Å². The van der Waals surface area contributed by atoms with Gasteiger partial charge in [0.05, 0.1) is 6.10 Å². The quantitative estimate of drug-likeness (QED) is 0.848. The van der Waals surface area contributed by atoms with E-state index in [2.05, 4.69) is 10.2 Å². The van der Waals surface area contributed by atoms with E-state index in [0.717, 1.165) is 38.2 Å². The molecule has 0 spiro atoms. The van der Waals surface area contributed by atoms with Crippen molar-refractivity contribution in [3.63, 3.8) is 0 Å². The van der Waals surface area contributed by atoms with Gasteiger partial charge in [0.25, 0.3) is 0 Å². The van der Waals surface area contributed by atoms with E-state index in [1.54, 1.807) is 0 Å². The van der Waals surface area contributed by atoms with Crippen LogP contribution in [0.15, 0.2) is 30.3 Å². The molecule has 98 valence electrons. The third-order valence-electron chi connectivity index (χ3n) is 3.27. The summed E-state index contributed by atoms with van der Waals surface area (Å²) in [6.45, 7) is 2.55. The molecule has 1 fully saturated rings. The second kappa shape index (κ2) is 6.52. The lowest BCUT2D eigenvalue weighted by Crippen LogP contribution is -2.37. The van der Waals surface area contributed by atoms with Crippen LogP contribution in [0.2, 0.25) is 0 Å². The maximum absolute atomic E-state index is 11.7. The summed E-state index contributed by atoms with van der Waals surface area (Å²) in [6, 6.07) is 9.50. The molecule has 1 aliphatic rings. The smallest absolute Gasteiger partial charge is 0.225 e. The van der Waals surface area contributed by atoms with Crippen LogP contribution in [0.1, 0.15) is 19.3 Å². The number of piperidine rings is 1. The van der Waals surface area contributed by atoms with Crippen molar-refractivity contribution in [1.29, 1.82) is 0 Å². The van der Waals surface area contributed by atoms with E-state index in [1.807, 2.05) is 30.3 Å². The second-order valence-electron chi connectivity index (χ2n) is 4.74. The van der Waals surface area contributed by atoms with Crippen LogP contribution in [0, 0.1) is 0 Å². The SMILES string of the molecule is O=C(CCN1CCC(O)CC1)Nc1ccccc1. The van der Waals surface area contributed by atoms with Gasteiger partial charge in [0.1, 0.15) is 0 Å². The first-order valence-corrected chi connectivity index (χ1v) is 6.49. The number of nitrogens with one attached hydrogen (secondary N) is 1. The molecule has 0 bridgehead atoms. The van der Waals surface area contributed by atoms with Gasteiger partial charge in [-0.25, -0.2) is 0 Å². The molecule has 4 heteroatoms. The van der Waals surface area contributed by atoms with Crippen molar-refractivity contribution < 1.29 is 9.90 Å². The van der Waals surface area contributed by atoms with Crippen LogP contribution < -0.4 is 5.32 Å². The molecule has 4 nitrogen and oxygen atoms in total. The highest BCUT2D eigenvalue weighted by molar-refractivity contribution is 5.90. The summed E-state index contributed by atoms with van der Waals surface area (Å²) in [5.74, 6) is 0.0484. The zero-order valence-corrected chi connectivity index (χ0v) is 10.5. The number of likely N-dealkylation sites (tertiary alicyclic amines) is 1. The Morgan fingerprint density at radius 3 is 2.61 bits per heavy atom. The Hall–Kier alpha value is -1.39. The molecule has 0 unspecified atom stereocenters. The van der Waals surface area contributed by atoms with Crippen LogP contribution >= 0.6 is 0 Å². The normalized spacial score (nSPS) is 17.6. The van der Waals surface area contributed by atoms with Crippen LogP contribution in [0.3, 0.4) is 0 Å². The summed E-state index contributed by atoms with van der Waals surface area (Å²) in [5.41, 5.74) is 0.844. The Kier molecular flexibility index (Phi) is 4.73. The third-order valence-corrected chi connectivity index (χ3v) is 3.27. The van der Waals surface area contributed by atoms with E-state index in [4.69, 9.17) is 0 Å². The van der Waals surface area contributed by atoms with Gasteiger partial charge in [0.15, 0.2) is 0 Å². The fourth-order valence-electron chi connectivity index (χ4n) is 2.15. The lowest BCUT2D eigenvalue weighted by atomic mass is 10.1. The molecular weight excluding hydrogens is 228 g/mol. The van der Waals surface area contributed by atoms with Gasteiger partial charge in [-0.15, -0.1) is 0 Å². The largest absolute Gasteiger partial charge is 0.393 e. The van der Waals surface area contributed by atoms with Gasteiger partial charge in [-0.3, -0.25) is 4.79 Å². The van der Waals surface area contributed by atoms with E-state index in [1.165, 1.54) is 0 Å². The molecule has 1 aliphatic heterocycles. The lowest BCUT2D eigenvalue weighted by Gasteiger charge is -2.29. The number of hydrogen-bond acceptors (Lipinski definition) is 3. The van der Waals surface area contributed by atoms with Crippen molar-refractivity contribution in [2.75, 3.05) is 25.0 Å². The maximum Gasteiger partial charge on any atom is 0.225 e. The number of aliphatic hydroxyl groups is 1. The predicted molar refractivity (Wildman–Crippen MR) is 71.4 cm³/mol. The van der Waals surface area contributed by atoms with Gasteiger partial charge in [0.2, 0.25) is 5.91 Å². The molecule has 0 aliphatic carbocycles. The summed E-state index contributed by atoms with van der Waals surface area (Å²) in [6.07, 6.45) is 1.99. The molecule has 2 N–H and O–H groups in total. The maximum atomic E-state index is 11.7. The monoisotopic (exact) mass is 248 g/mol. The Bertz CT molecular complexity index is 373. The summed E-state index contributed by atoms with van der Waals surface area (Å²) in [4.78, 5) is 14.0. The van der Waals surface area contributed by atoms with E-state index in [0.29, 0.717) is 6.42 Å². The fourth-order valence-corrected chi connectivity index (χ4v) is 2.15. The van der Waals surface area contributed by atoms with Crippen LogP contribution in [0.4, 0.5) is 5.69 Å². The summed E-state index contributed by atoms with van der Waals surface area (Å²) >= 11 is 0. The number of benzene rings is 1. The van der Waals surface area contributed by atoms with Gasteiger partial charge >= 0.3 is 0 Å². The second-order valence-corrected chi connectivity index (χ2v) is 4.74. The first-order valence-electron chi connectivity index (χ1n) is 6.49. The van der Waals surface area contributed by atoms with Gasteiger partial charge in [-0.05, 0) is 25.0 Å². The van der Waals surface area contributed by atoms with Crippen LogP contribution in [0.5, 0.6) is 0 Å². The highest BCUT2D eigenvalue weighted by atomic mass is 16.3. The predicted octanol–water partition coefficient (Wildman–Crippen LogP) is 1.47. The van der Waals surface area contributed by atoms with Gasteiger partial charge in [0, 0.05) is 31.7 Å². The minimum atomic E-state index is -0.153. The molecule has 0 aromatic heterocycles. The van der Waals surface area contributed by atoms with E-state index < -0.39 is 0 Å². The average Bonchev–Trinajstić information content (AvgIpc) is 2.39.